The number of benzene rings is 1. The van der Waals surface area contributed by atoms with Crippen molar-refractivity contribution < 1.29 is 14.7 Å². The molecule has 4 heteroatoms. The molecule has 96 valence electrons. The van der Waals surface area contributed by atoms with E-state index < -0.39 is 5.97 Å². The average molecular weight is 247 g/mol. The highest BCUT2D eigenvalue weighted by Crippen LogP contribution is 2.01. The van der Waals surface area contributed by atoms with E-state index in [0.29, 0.717) is 0 Å². The average Bonchev–Trinajstić information content (AvgIpc) is 2.34. The van der Waals surface area contributed by atoms with E-state index in [1.165, 1.54) is 0 Å². The summed E-state index contributed by atoms with van der Waals surface area (Å²) in [5.74, 6) is -1.21. The van der Waals surface area contributed by atoms with Gasteiger partial charge in [0.15, 0.2) is 5.71 Å². The molecule has 0 aromatic heterocycles. The Labute approximate surface area is 107 Å². The maximum absolute atomic E-state index is 10.8. The Morgan fingerprint density at radius 2 is 2.06 bits per heavy atom. The highest BCUT2D eigenvalue weighted by molar-refractivity contribution is 6.36. The Morgan fingerprint density at radius 3 is 2.61 bits per heavy atom. The van der Waals surface area contributed by atoms with Crippen molar-refractivity contribution in [2.45, 2.75) is 13.8 Å². The van der Waals surface area contributed by atoms with E-state index in [9.17, 15) is 4.79 Å². The molecular weight excluding hydrogens is 230 g/mol. The summed E-state index contributed by atoms with van der Waals surface area (Å²) < 4.78 is 0. The third kappa shape index (κ3) is 4.82. The Hall–Kier alpha value is -2.10. The van der Waals surface area contributed by atoms with Crippen LogP contribution in [-0.4, -0.2) is 23.4 Å². The smallest absolute Gasteiger partial charge is 0.353 e. The van der Waals surface area contributed by atoms with Crippen molar-refractivity contribution >= 4 is 17.8 Å². The zero-order chi connectivity index (χ0) is 13.4. The van der Waals surface area contributed by atoms with Gasteiger partial charge in [0.1, 0.15) is 6.61 Å². The first-order chi connectivity index (χ1) is 8.61. The van der Waals surface area contributed by atoms with Crippen molar-refractivity contribution in [1.82, 2.24) is 0 Å². The van der Waals surface area contributed by atoms with Gasteiger partial charge in [-0.05, 0) is 11.6 Å². The summed E-state index contributed by atoms with van der Waals surface area (Å²) in [6.45, 7) is 3.77. The van der Waals surface area contributed by atoms with Crippen LogP contribution in [0, 0.1) is 5.92 Å². The maximum atomic E-state index is 10.8. The van der Waals surface area contributed by atoms with Gasteiger partial charge in [-0.1, -0.05) is 55.4 Å². The fourth-order valence-electron chi connectivity index (χ4n) is 1.29. The monoisotopic (exact) mass is 247 g/mol. The number of carbonyl (C=O) groups is 1. The minimum atomic E-state index is -1.04. The van der Waals surface area contributed by atoms with Crippen LogP contribution >= 0.6 is 0 Å². The Morgan fingerprint density at radius 1 is 1.39 bits per heavy atom. The largest absolute Gasteiger partial charge is 0.477 e. The molecular formula is C14H17NO3. The molecule has 0 saturated heterocycles. The van der Waals surface area contributed by atoms with Gasteiger partial charge in [0, 0.05) is 5.92 Å². The second-order valence-electron chi connectivity index (χ2n) is 4.05. The van der Waals surface area contributed by atoms with Gasteiger partial charge in [-0.15, -0.1) is 0 Å². The number of aliphatic carboxylic acids is 1. The molecule has 0 unspecified atom stereocenters. The van der Waals surface area contributed by atoms with Crippen LogP contribution in [0.4, 0.5) is 0 Å². The van der Waals surface area contributed by atoms with Crippen molar-refractivity contribution in [3.05, 3.63) is 42.0 Å². The summed E-state index contributed by atoms with van der Waals surface area (Å²) in [7, 11) is 0. The Kier molecular flexibility index (Phi) is 5.64. The lowest BCUT2D eigenvalue weighted by molar-refractivity contribution is -0.129. The number of carboxylic acids is 1. The normalized spacial score (nSPS) is 12.1. The maximum Gasteiger partial charge on any atom is 0.353 e. The van der Waals surface area contributed by atoms with Crippen molar-refractivity contribution in [1.29, 1.82) is 0 Å². The molecule has 4 nitrogen and oxygen atoms in total. The molecule has 0 amide bonds. The summed E-state index contributed by atoms with van der Waals surface area (Å²) in [6, 6.07) is 9.77. The first kappa shape index (κ1) is 14.0. The van der Waals surface area contributed by atoms with Gasteiger partial charge in [0.25, 0.3) is 0 Å². The summed E-state index contributed by atoms with van der Waals surface area (Å²) in [5, 5.41) is 12.5. The molecule has 1 aromatic rings. The third-order valence-corrected chi connectivity index (χ3v) is 2.21. The van der Waals surface area contributed by atoms with Gasteiger partial charge < -0.3 is 9.94 Å². The van der Waals surface area contributed by atoms with Crippen LogP contribution in [0.3, 0.4) is 0 Å². The Balaban J connectivity index is 2.45. The van der Waals surface area contributed by atoms with Gasteiger partial charge in [-0.2, -0.15) is 0 Å². The number of hydrogen-bond donors (Lipinski definition) is 1. The quantitative estimate of drug-likeness (QED) is 0.477. The predicted molar refractivity (Wildman–Crippen MR) is 71.3 cm³/mol. The molecule has 0 aliphatic rings. The van der Waals surface area contributed by atoms with Gasteiger partial charge in [0.2, 0.25) is 0 Å². The first-order valence-electron chi connectivity index (χ1n) is 5.76. The van der Waals surface area contributed by atoms with Gasteiger partial charge in [-0.3, -0.25) is 0 Å². The summed E-state index contributed by atoms with van der Waals surface area (Å²) in [5.41, 5.74) is 1.09. The number of oxime groups is 1. The fraction of sp³-hybridized carbons (Fsp3) is 0.286. The standard InChI is InChI=1S/C14H17NO3/c1-11(2)13(14(16)17)15-18-10-6-9-12-7-4-3-5-8-12/h3-9,11H,10H2,1-2H3,(H,16,17). The molecule has 1 N–H and O–H groups in total. The van der Waals surface area contributed by atoms with E-state index in [1.807, 2.05) is 36.4 Å². The first-order valence-corrected chi connectivity index (χ1v) is 5.76. The second kappa shape index (κ2) is 7.27. The number of rotatable bonds is 6. The molecule has 0 fully saturated rings. The van der Waals surface area contributed by atoms with Gasteiger partial charge in [0.05, 0.1) is 0 Å². The van der Waals surface area contributed by atoms with E-state index in [4.69, 9.17) is 9.94 Å². The molecule has 0 heterocycles. The molecule has 18 heavy (non-hydrogen) atoms. The van der Waals surface area contributed by atoms with Crippen molar-refractivity contribution in [3.8, 4) is 0 Å². The van der Waals surface area contributed by atoms with Crippen molar-refractivity contribution in [2.24, 2.45) is 11.1 Å². The van der Waals surface area contributed by atoms with Gasteiger partial charge in [-0.25, -0.2) is 4.79 Å². The molecule has 0 saturated carbocycles. The molecule has 0 spiro atoms. The fourth-order valence-corrected chi connectivity index (χ4v) is 1.29. The van der Waals surface area contributed by atoms with E-state index in [1.54, 1.807) is 19.9 Å². The molecule has 0 aliphatic carbocycles. The lowest BCUT2D eigenvalue weighted by Crippen LogP contribution is -2.19. The zero-order valence-electron chi connectivity index (χ0n) is 10.5. The molecule has 1 rings (SSSR count). The number of hydrogen-bond acceptors (Lipinski definition) is 3. The van der Waals surface area contributed by atoms with Crippen LogP contribution in [0.15, 0.2) is 41.6 Å². The van der Waals surface area contributed by atoms with E-state index in [0.717, 1.165) is 5.56 Å². The molecule has 0 bridgehead atoms. The van der Waals surface area contributed by atoms with Gasteiger partial charge >= 0.3 is 5.97 Å². The second-order valence-corrected chi connectivity index (χ2v) is 4.05. The van der Waals surface area contributed by atoms with Crippen LogP contribution in [0.2, 0.25) is 0 Å². The van der Waals surface area contributed by atoms with E-state index in [-0.39, 0.29) is 18.2 Å². The highest BCUT2D eigenvalue weighted by Gasteiger charge is 2.14. The van der Waals surface area contributed by atoms with Crippen molar-refractivity contribution in [3.63, 3.8) is 0 Å². The highest BCUT2D eigenvalue weighted by atomic mass is 16.6. The Bertz CT molecular complexity index is 436. The van der Waals surface area contributed by atoms with E-state index in [2.05, 4.69) is 5.16 Å². The third-order valence-electron chi connectivity index (χ3n) is 2.21. The summed E-state index contributed by atoms with van der Waals surface area (Å²) in [4.78, 5) is 15.8. The predicted octanol–water partition coefficient (Wildman–Crippen LogP) is 2.81. The zero-order valence-corrected chi connectivity index (χ0v) is 10.5. The minimum absolute atomic E-state index is 0.0307. The summed E-state index contributed by atoms with van der Waals surface area (Å²) in [6.07, 6.45) is 3.68. The van der Waals surface area contributed by atoms with Crippen LogP contribution in [0.25, 0.3) is 6.08 Å². The molecule has 0 atom stereocenters. The summed E-state index contributed by atoms with van der Waals surface area (Å²) >= 11 is 0. The van der Waals surface area contributed by atoms with Crippen LogP contribution in [0.1, 0.15) is 19.4 Å². The lowest BCUT2D eigenvalue weighted by atomic mass is 10.1. The van der Waals surface area contributed by atoms with E-state index >= 15 is 0 Å². The SMILES string of the molecule is CC(C)C(=NOCC=Cc1ccccc1)C(=O)O. The van der Waals surface area contributed by atoms with Crippen LogP contribution in [-0.2, 0) is 9.63 Å². The van der Waals surface area contributed by atoms with Crippen LogP contribution < -0.4 is 0 Å². The molecule has 0 radical (unpaired) electrons. The lowest BCUT2D eigenvalue weighted by Gasteiger charge is -2.03. The molecule has 0 aliphatic heterocycles. The number of carboxylic acid groups (broad SMARTS) is 1. The van der Waals surface area contributed by atoms with Crippen molar-refractivity contribution in [2.75, 3.05) is 6.61 Å². The number of nitrogens with zero attached hydrogens (tertiary/aromatic N) is 1. The minimum Gasteiger partial charge on any atom is -0.477 e. The van der Waals surface area contributed by atoms with Crippen LogP contribution in [0.5, 0.6) is 0 Å². The molecule has 1 aromatic carbocycles. The topological polar surface area (TPSA) is 58.9 Å².